The van der Waals surface area contributed by atoms with Crippen molar-refractivity contribution in [2.75, 3.05) is 0 Å². The standard InChI is InChI=1S/C6H8NO2PS/c1-5(2)3-6(7-4-11)10(8)9/h6H,1,3H2,2H3/p+1. The van der Waals surface area contributed by atoms with Crippen LogP contribution in [0.25, 0.3) is 0 Å². The van der Waals surface area contributed by atoms with Crippen LogP contribution in [0.3, 0.4) is 0 Å². The molecule has 0 aliphatic carbocycles. The first-order valence-electron chi connectivity index (χ1n) is 2.94. The van der Waals surface area contributed by atoms with Crippen molar-refractivity contribution in [2.24, 2.45) is 4.99 Å². The molecule has 0 heterocycles. The van der Waals surface area contributed by atoms with Gasteiger partial charge in [0.05, 0.1) is 5.16 Å². The minimum atomic E-state index is -2.31. The Balaban J connectivity index is 4.22. The van der Waals surface area contributed by atoms with Crippen LogP contribution in [0.4, 0.5) is 0 Å². The molecule has 0 saturated carbocycles. The van der Waals surface area contributed by atoms with Crippen molar-refractivity contribution in [3.05, 3.63) is 12.2 Å². The highest BCUT2D eigenvalue weighted by atomic mass is 32.1. The van der Waals surface area contributed by atoms with E-state index in [1.165, 1.54) is 0 Å². The summed E-state index contributed by atoms with van der Waals surface area (Å²) >= 11 is 4.31. The second kappa shape index (κ2) is 5.28. The van der Waals surface area contributed by atoms with Gasteiger partial charge in [0, 0.05) is 6.42 Å². The molecule has 1 N–H and O–H groups in total. The lowest BCUT2D eigenvalue weighted by atomic mass is 10.2. The third kappa shape index (κ3) is 4.93. The Labute approximate surface area is 71.7 Å². The highest BCUT2D eigenvalue weighted by molar-refractivity contribution is 7.78. The Morgan fingerprint density at radius 1 is 2.00 bits per heavy atom. The summed E-state index contributed by atoms with van der Waals surface area (Å²) < 4.78 is 10.6. The van der Waals surface area contributed by atoms with Crippen LogP contribution in [-0.2, 0) is 4.57 Å². The highest BCUT2D eigenvalue weighted by Crippen LogP contribution is 2.28. The molecule has 0 aromatic heterocycles. The van der Waals surface area contributed by atoms with Crippen molar-refractivity contribution in [2.45, 2.75) is 19.1 Å². The number of isothiocyanates is 1. The molecule has 0 rings (SSSR count). The second-order valence-corrected chi connectivity index (χ2v) is 3.55. The van der Waals surface area contributed by atoms with E-state index >= 15 is 0 Å². The molecule has 60 valence electrons. The summed E-state index contributed by atoms with van der Waals surface area (Å²) in [7, 11) is -2.31. The first-order valence-corrected chi connectivity index (χ1v) is 4.63. The van der Waals surface area contributed by atoms with Crippen LogP contribution in [0.5, 0.6) is 0 Å². The maximum Gasteiger partial charge on any atom is 0.533 e. The molecule has 0 radical (unpaired) electrons. The molecule has 0 aliphatic heterocycles. The Hall–Kier alpha value is -0.400. The predicted molar refractivity (Wildman–Crippen MR) is 48.1 cm³/mol. The van der Waals surface area contributed by atoms with Crippen molar-refractivity contribution in [1.29, 1.82) is 0 Å². The summed E-state index contributed by atoms with van der Waals surface area (Å²) in [6.45, 7) is 5.37. The SMILES string of the molecule is C=C(C)CC(N=C=S)[P+](=O)O. The van der Waals surface area contributed by atoms with Gasteiger partial charge in [-0.2, -0.15) is 9.89 Å². The lowest BCUT2D eigenvalue weighted by Gasteiger charge is -1.94. The third-order valence-electron chi connectivity index (χ3n) is 0.988. The van der Waals surface area contributed by atoms with Crippen molar-refractivity contribution in [3.63, 3.8) is 0 Å². The maximum absolute atomic E-state index is 10.6. The average molecular weight is 190 g/mol. The highest BCUT2D eigenvalue weighted by Gasteiger charge is 2.27. The largest absolute Gasteiger partial charge is 0.533 e. The smallest absolute Gasteiger partial charge is 0.174 e. The average Bonchev–Trinajstić information content (AvgIpc) is 1.86. The Kier molecular flexibility index (Phi) is 5.08. The third-order valence-corrected chi connectivity index (χ3v) is 1.90. The van der Waals surface area contributed by atoms with Gasteiger partial charge in [-0.3, -0.25) is 0 Å². The van der Waals surface area contributed by atoms with Gasteiger partial charge in [-0.05, 0) is 23.7 Å². The van der Waals surface area contributed by atoms with Crippen LogP contribution in [-0.4, -0.2) is 15.8 Å². The molecular weight excluding hydrogens is 181 g/mol. The Morgan fingerprint density at radius 3 is 2.82 bits per heavy atom. The van der Waals surface area contributed by atoms with Gasteiger partial charge in [0.25, 0.3) is 5.78 Å². The number of hydrogen-bond acceptors (Lipinski definition) is 3. The molecule has 0 fully saturated rings. The summed E-state index contributed by atoms with van der Waals surface area (Å²) in [5.41, 5.74) is 0.807. The summed E-state index contributed by atoms with van der Waals surface area (Å²) in [6.07, 6.45) is 0.384. The first kappa shape index (κ1) is 10.6. The molecule has 0 amide bonds. The van der Waals surface area contributed by atoms with Gasteiger partial charge in [-0.25, -0.2) is 0 Å². The van der Waals surface area contributed by atoms with E-state index in [1.807, 2.05) is 0 Å². The van der Waals surface area contributed by atoms with Gasteiger partial charge < -0.3 is 0 Å². The lowest BCUT2D eigenvalue weighted by Crippen LogP contribution is -1.97. The van der Waals surface area contributed by atoms with Crippen molar-refractivity contribution in [1.82, 2.24) is 0 Å². The van der Waals surface area contributed by atoms with Crippen LogP contribution in [0.2, 0.25) is 0 Å². The molecule has 2 unspecified atom stereocenters. The van der Waals surface area contributed by atoms with Gasteiger partial charge in [-0.15, -0.1) is 0 Å². The maximum atomic E-state index is 10.6. The van der Waals surface area contributed by atoms with E-state index in [1.54, 1.807) is 6.92 Å². The fourth-order valence-electron chi connectivity index (χ4n) is 0.546. The van der Waals surface area contributed by atoms with Crippen LogP contribution in [0.15, 0.2) is 17.1 Å². The molecule has 0 aliphatic rings. The number of nitrogens with zero attached hydrogens (tertiary/aromatic N) is 1. The van der Waals surface area contributed by atoms with Crippen molar-refractivity contribution in [3.8, 4) is 0 Å². The second-order valence-electron chi connectivity index (χ2n) is 2.16. The molecule has 2 atom stereocenters. The number of rotatable bonds is 4. The van der Waals surface area contributed by atoms with Crippen LogP contribution in [0.1, 0.15) is 13.3 Å². The van der Waals surface area contributed by atoms with Crippen LogP contribution >= 0.6 is 20.2 Å². The molecular formula is C6H9NO2PS+. The zero-order chi connectivity index (χ0) is 8.85. The summed E-state index contributed by atoms with van der Waals surface area (Å²) in [5.74, 6) is -0.667. The molecule has 0 bridgehead atoms. The first-order chi connectivity index (χ1) is 5.07. The van der Waals surface area contributed by atoms with Crippen molar-refractivity contribution < 1.29 is 9.46 Å². The van der Waals surface area contributed by atoms with Crippen LogP contribution < -0.4 is 0 Å². The molecule has 0 spiro atoms. The van der Waals surface area contributed by atoms with Gasteiger partial charge in [0.2, 0.25) is 0 Å². The Morgan fingerprint density at radius 2 is 2.55 bits per heavy atom. The molecule has 5 heteroatoms. The summed E-state index contributed by atoms with van der Waals surface area (Å²) in [4.78, 5) is 12.2. The predicted octanol–water partition coefficient (Wildman–Crippen LogP) is 2.12. The monoisotopic (exact) mass is 190 g/mol. The molecule has 3 nitrogen and oxygen atoms in total. The minimum absolute atomic E-state index is 0.384. The van der Waals surface area contributed by atoms with Gasteiger partial charge in [0.1, 0.15) is 0 Å². The van der Waals surface area contributed by atoms with Crippen molar-refractivity contribution >= 4 is 25.4 Å². The molecule has 0 saturated heterocycles. The van der Waals surface area contributed by atoms with E-state index in [0.29, 0.717) is 6.42 Å². The zero-order valence-electron chi connectivity index (χ0n) is 6.15. The van der Waals surface area contributed by atoms with Gasteiger partial charge in [-0.1, -0.05) is 12.2 Å². The quantitative estimate of drug-likeness (QED) is 0.319. The molecule has 0 aromatic carbocycles. The summed E-state index contributed by atoms with van der Waals surface area (Å²) in [5, 5.41) is 2.08. The van der Waals surface area contributed by atoms with E-state index in [0.717, 1.165) is 5.57 Å². The van der Waals surface area contributed by atoms with E-state index in [9.17, 15) is 4.57 Å². The van der Waals surface area contributed by atoms with Crippen LogP contribution in [0, 0.1) is 0 Å². The molecule has 11 heavy (non-hydrogen) atoms. The number of aliphatic imine (C=N–C) groups is 1. The Bertz CT molecular complexity index is 221. The minimum Gasteiger partial charge on any atom is -0.174 e. The topological polar surface area (TPSA) is 49.7 Å². The summed E-state index contributed by atoms with van der Waals surface area (Å²) in [6, 6.07) is 0. The number of hydrogen-bond donors (Lipinski definition) is 1. The van der Waals surface area contributed by atoms with E-state index in [2.05, 4.69) is 29.0 Å². The fraction of sp³-hybridized carbons (Fsp3) is 0.500. The number of thiocarbonyl (C=S) groups is 1. The fourth-order valence-corrected chi connectivity index (χ4v) is 1.38. The lowest BCUT2D eigenvalue weighted by molar-refractivity contribution is 0.489. The van der Waals surface area contributed by atoms with Gasteiger partial charge >= 0.3 is 8.03 Å². The normalized spacial score (nSPS) is 13.1. The van der Waals surface area contributed by atoms with E-state index in [-0.39, 0.29) is 0 Å². The van der Waals surface area contributed by atoms with E-state index in [4.69, 9.17) is 4.89 Å². The van der Waals surface area contributed by atoms with Gasteiger partial charge in [0.15, 0.2) is 0 Å². The molecule has 0 aromatic rings. The zero-order valence-corrected chi connectivity index (χ0v) is 7.86. The van der Waals surface area contributed by atoms with E-state index < -0.39 is 13.8 Å².